The Hall–Kier alpha value is -1.92. The van der Waals surface area contributed by atoms with Crippen molar-refractivity contribution in [2.75, 3.05) is 13.6 Å². The zero-order valence-electron chi connectivity index (χ0n) is 10.7. The van der Waals surface area contributed by atoms with Crippen LogP contribution in [0.3, 0.4) is 0 Å². The van der Waals surface area contributed by atoms with Gasteiger partial charge in [-0.1, -0.05) is 6.07 Å². The van der Waals surface area contributed by atoms with Gasteiger partial charge in [0.25, 0.3) is 0 Å². The Morgan fingerprint density at radius 2 is 2.32 bits per heavy atom. The molecule has 3 N–H and O–H groups in total. The van der Waals surface area contributed by atoms with Crippen molar-refractivity contribution >= 4 is 17.0 Å². The number of carbonyl (C=O) groups is 1. The number of benzene rings is 1. The van der Waals surface area contributed by atoms with E-state index in [0.29, 0.717) is 13.1 Å². The number of aliphatic hydroxyl groups excluding tert-OH is 1. The third-order valence-electron chi connectivity index (χ3n) is 2.87. The Morgan fingerprint density at radius 3 is 3.05 bits per heavy atom. The third-order valence-corrected chi connectivity index (χ3v) is 2.87. The van der Waals surface area contributed by atoms with Crippen molar-refractivity contribution < 1.29 is 15.0 Å². The number of aromatic nitrogens is 2. The molecule has 2 rings (SSSR count). The Bertz CT molecular complexity index is 567. The quantitative estimate of drug-likeness (QED) is 0.718. The molecule has 6 heteroatoms. The first-order valence-electron chi connectivity index (χ1n) is 6.05. The number of carboxylic acid groups (broad SMARTS) is 1. The lowest BCUT2D eigenvalue weighted by molar-refractivity contribution is -0.139. The second-order valence-electron chi connectivity index (χ2n) is 4.70. The molecule has 0 amide bonds. The molecule has 0 aliphatic carbocycles. The van der Waals surface area contributed by atoms with Crippen LogP contribution >= 0.6 is 0 Å². The molecule has 1 aromatic carbocycles. The Kier molecular flexibility index (Phi) is 4.13. The van der Waals surface area contributed by atoms with Gasteiger partial charge in [-0.2, -0.15) is 0 Å². The number of H-pyrrole nitrogens is 1. The number of fused-ring (bicyclic) bond motifs is 1. The molecule has 0 radical (unpaired) electrons. The fourth-order valence-corrected chi connectivity index (χ4v) is 2.08. The van der Waals surface area contributed by atoms with Gasteiger partial charge in [-0.3, -0.25) is 9.69 Å². The van der Waals surface area contributed by atoms with Crippen molar-refractivity contribution in [1.82, 2.24) is 14.9 Å². The van der Waals surface area contributed by atoms with Crippen molar-refractivity contribution in [1.29, 1.82) is 0 Å². The summed E-state index contributed by atoms with van der Waals surface area (Å²) in [6, 6.07) is 5.91. The lowest BCUT2D eigenvalue weighted by atomic mass is 10.1. The molecule has 0 spiro atoms. The molecule has 1 heterocycles. The van der Waals surface area contributed by atoms with Crippen molar-refractivity contribution in [3.63, 3.8) is 0 Å². The first-order valence-corrected chi connectivity index (χ1v) is 6.05. The van der Waals surface area contributed by atoms with Crippen LogP contribution in [0.4, 0.5) is 0 Å². The number of rotatable bonds is 6. The number of aromatic amines is 1. The number of likely N-dealkylation sites (N-methyl/N-ethyl adjacent to an activating group) is 1. The number of aliphatic carboxylic acids is 1. The first-order chi connectivity index (χ1) is 9.04. The van der Waals surface area contributed by atoms with E-state index < -0.39 is 12.1 Å². The molecular formula is C13H17N3O3. The molecule has 0 aliphatic rings. The zero-order chi connectivity index (χ0) is 13.8. The van der Waals surface area contributed by atoms with Gasteiger partial charge in [0.2, 0.25) is 0 Å². The van der Waals surface area contributed by atoms with Crippen LogP contribution < -0.4 is 0 Å². The maximum absolute atomic E-state index is 10.5. The van der Waals surface area contributed by atoms with Crippen LogP contribution in [-0.4, -0.2) is 50.7 Å². The maximum Gasteiger partial charge on any atom is 0.306 e. The van der Waals surface area contributed by atoms with E-state index in [-0.39, 0.29) is 6.42 Å². The largest absolute Gasteiger partial charge is 0.481 e. The fraction of sp³-hybridized carbons (Fsp3) is 0.385. The van der Waals surface area contributed by atoms with Crippen LogP contribution in [0.5, 0.6) is 0 Å². The van der Waals surface area contributed by atoms with Gasteiger partial charge < -0.3 is 15.2 Å². The van der Waals surface area contributed by atoms with Crippen molar-refractivity contribution in [3.05, 3.63) is 30.1 Å². The minimum atomic E-state index is -0.986. The Balaban J connectivity index is 1.94. The molecule has 2 aromatic rings. The summed E-state index contributed by atoms with van der Waals surface area (Å²) >= 11 is 0. The predicted octanol–water partition coefficient (Wildman–Crippen LogP) is 0.830. The number of aliphatic hydroxyl groups is 1. The molecule has 0 saturated heterocycles. The number of hydrogen-bond acceptors (Lipinski definition) is 4. The summed E-state index contributed by atoms with van der Waals surface area (Å²) in [5, 5.41) is 18.2. The average molecular weight is 263 g/mol. The number of hydrogen-bond donors (Lipinski definition) is 3. The molecule has 0 saturated carbocycles. The predicted molar refractivity (Wildman–Crippen MR) is 70.7 cm³/mol. The van der Waals surface area contributed by atoms with Crippen LogP contribution in [0.15, 0.2) is 24.5 Å². The summed E-state index contributed by atoms with van der Waals surface area (Å²) in [4.78, 5) is 19.6. The first kappa shape index (κ1) is 13.5. The van der Waals surface area contributed by atoms with Crippen LogP contribution in [0, 0.1) is 0 Å². The molecule has 6 nitrogen and oxygen atoms in total. The molecule has 0 aliphatic heterocycles. The molecule has 1 aromatic heterocycles. The summed E-state index contributed by atoms with van der Waals surface area (Å²) in [5.74, 6) is -0.986. The van der Waals surface area contributed by atoms with Crippen molar-refractivity contribution in [2.24, 2.45) is 0 Å². The average Bonchev–Trinajstić information content (AvgIpc) is 2.74. The van der Waals surface area contributed by atoms with Crippen LogP contribution in [-0.2, 0) is 11.3 Å². The number of imidazole rings is 1. The normalized spacial score (nSPS) is 13.0. The van der Waals surface area contributed by atoms with E-state index >= 15 is 0 Å². The van der Waals surface area contributed by atoms with Gasteiger partial charge in [-0.15, -0.1) is 0 Å². The Morgan fingerprint density at radius 1 is 1.53 bits per heavy atom. The van der Waals surface area contributed by atoms with Gasteiger partial charge in [0.05, 0.1) is 29.9 Å². The molecule has 19 heavy (non-hydrogen) atoms. The minimum Gasteiger partial charge on any atom is -0.481 e. The van der Waals surface area contributed by atoms with Crippen LogP contribution in [0.1, 0.15) is 12.0 Å². The lowest BCUT2D eigenvalue weighted by Gasteiger charge is -2.19. The highest BCUT2D eigenvalue weighted by Crippen LogP contribution is 2.13. The smallest absolute Gasteiger partial charge is 0.306 e. The van der Waals surface area contributed by atoms with Crippen molar-refractivity contribution in [2.45, 2.75) is 19.1 Å². The Labute approximate surface area is 110 Å². The zero-order valence-corrected chi connectivity index (χ0v) is 10.7. The fourth-order valence-electron chi connectivity index (χ4n) is 2.08. The topological polar surface area (TPSA) is 89.5 Å². The SMILES string of the molecule is CN(Cc1ccc2nc[nH]c2c1)CC(O)CC(=O)O. The minimum absolute atomic E-state index is 0.232. The van der Waals surface area contributed by atoms with E-state index in [1.165, 1.54) is 0 Å². The molecule has 0 fully saturated rings. The van der Waals surface area contributed by atoms with Gasteiger partial charge in [0.15, 0.2) is 0 Å². The monoisotopic (exact) mass is 263 g/mol. The number of nitrogens with one attached hydrogen (secondary N) is 1. The highest BCUT2D eigenvalue weighted by atomic mass is 16.4. The van der Waals surface area contributed by atoms with Gasteiger partial charge in [0.1, 0.15) is 0 Å². The summed E-state index contributed by atoms with van der Waals surface area (Å²) < 4.78 is 0. The summed E-state index contributed by atoms with van der Waals surface area (Å²) in [6.45, 7) is 0.971. The standard InChI is InChI=1S/C13H17N3O3/c1-16(7-10(17)5-13(18)19)6-9-2-3-11-12(4-9)15-8-14-11/h2-4,8,10,17H,5-7H2,1H3,(H,14,15)(H,18,19). The van der Waals surface area contributed by atoms with Crippen molar-refractivity contribution in [3.8, 4) is 0 Å². The van der Waals surface area contributed by atoms with Crippen LogP contribution in [0.2, 0.25) is 0 Å². The van der Waals surface area contributed by atoms with E-state index in [1.54, 1.807) is 6.33 Å². The highest BCUT2D eigenvalue weighted by molar-refractivity contribution is 5.75. The summed E-state index contributed by atoms with van der Waals surface area (Å²) in [6.07, 6.45) is 0.567. The van der Waals surface area contributed by atoms with Gasteiger partial charge >= 0.3 is 5.97 Å². The second-order valence-corrected chi connectivity index (χ2v) is 4.70. The third kappa shape index (κ3) is 3.77. The summed E-state index contributed by atoms with van der Waals surface area (Å²) in [5.41, 5.74) is 2.97. The highest BCUT2D eigenvalue weighted by Gasteiger charge is 2.12. The maximum atomic E-state index is 10.5. The molecule has 0 bridgehead atoms. The van der Waals surface area contributed by atoms with Gasteiger partial charge in [-0.05, 0) is 24.7 Å². The second kappa shape index (κ2) is 5.81. The molecule has 1 atom stereocenters. The molecule has 1 unspecified atom stereocenters. The summed E-state index contributed by atoms with van der Waals surface area (Å²) in [7, 11) is 1.85. The molecular weight excluding hydrogens is 246 g/mol. The molecule has 102 valence electrons. The van der Waals surface area contributed by atoms with E-state index in [4.69, 9.17) is 5.11 Å². The van der Waals surface area contributed by atoms with E-state index in [1.807, 2.05) is 30.1 Å². The van der Waals surface area contributed by atoms with Crippen LogP contribution in [0.25, 0.3) is 11.0 Å². The van der Waals surface area contributed by atoms with Gasteiger partial charge in [0, 0.05) is 13.1 Å². The van der Waals surface area contributed by atoms with E-state index in [2.05, 4.69) is 9.97 Å². The van der Waals surface area contributed by atoms with Gasteiger partial charge in [-0.25, -0.2) is 4.98 Å². The lowest BCUT2D eigenvalue weighted by Crippen LogP contribution is -2.30. The van der Waals surface area contributed by atoms with E-state index in [9.17, 15) is 9.90 Å². The number of carboxylic acids is 1. The van der Waals surface area contributed by atoms with E-state index in [0.717, 1.165) is 16.6 Å². The number of nitrogens with zero attached hydrogens (tertiary/aromatic N) is 2.